The Morgan fingerprint density at radius 1 is 1.00 bits per heavy atom. The Balaban J connectivity index is 3.17. The third-order valence-electron chi connectivity index (χ3n) is 1.20. The van der Waals surface area contributed by atoms with Crippen molar-refractivity contribution in [2.75, 3.05) is 0 Å². The lowest BCUT2D eigenvalue weighted by Crippen LogP contribution is -1.75. The number of rotatable bonds is 0. The van der Waals surface area contributed by atoms with Crippen LogP contribution in [-0.4, -0.2) is 0 Å². The van der Waals surface area contributed by atoms with Crippen molar-refractivity contribution in [1.29, 1.82) is 0 Å². The van der Waals surface area contributed by atoms with Crippen molar-refractivity contribution in [2.24, 2.45) is 0 Å². The standard InChI is InChI=1S/C8H9S/c1-6-3-7(2)5-8(9)4-6/h3-5H,1-2H3. The van der Waals surface area contributed by atoms with Crippen LogP contribution in [0.2, 0.25) is 0 Å². The number of benzene rings is 1. The van der Waals surface area contributed by atoms with Crippen LogP contribution in [0.4, 0.5) is 0 Å². The van der Waals surface area contributed by atoms with Crippen molar-refractivity contribution >= 4 is 12.6 Å². The van der Waals surface area contributed by atoms with Crippen LogP contribution in [0, 0.1) is 13.8 Å². The van der Waals surface area contributed by atoms with E-state index in [4.69, 9.17) is 12.6 Å². The van der Waals surface area contributed by atoms with Gasteiger partial charge < -0.3 is 0 Å². The Kier molecular flexibility index (Phi) is 1.72. The smallest absolute Gasteiger partial charge is 0.0382 e. The van der Waals surface area contributed by atoms with Crippen molar-refractivity contribution in [1.82, 2.24) is 0 Å². The van der Waals surface area contributed by atoms with E-state index in [1.807, 2.05) is 12.1 Å². The van der Waals surface area contributed by atoms with Gasteiger partial charge in [0.05, 0.1) is 0 Å². The second-order valence-electron chi connectivity index (χ2n) is 2.32. The topological polar surface area (TPSA) is 0 Å². The van der Waals surface area contributed by atoms with Crippen LogP contribution >= 0.6 is 12.6 Å². The highest BCUT2D eigenvalue weighted by Crippen LogP contribution is 2.11. The minimum atomic E-state index is 0.938. The van der Waals surface area contributed by atoms with E-state index in [9.17, 15) is 0 Å². The normalized spacial score (nSPS) is 9.56. The predicted molar refractivity (Wildman–Crippen MR) is 41.8 cm³/mol. The van der Waals surface area contributed by atoms with Gasteiger partial charge in [-0.15, -0.1) is 0 Å². The summed E-state index contributed by atoms with van der Waals surface area (Å²) in [5.41, 5.74) is 2.50. The molecule has 0 aliphatic heterocycles. The molecule has 0 aromatic heterocycles. The largest absolute Gasteiger partial charge is 0.0801 e. The summed E-state index contributed by atoms with van der Waals surface area (Å²) in [5, 5.41) is 0. The highest BCUT2D eigenvalue weighted by atomic mass is 32.1. The van der Waals surface area contributed by atoms with E-state index >= 15 is 0 Å². The molecular formula is C8H9S. The van der Waals surface area contributed by atoms with Gasteiger partial charge in [-0.25, -0.2) is 0 Å². The molecule has 9 heavy (non-hydrogen) atoms. The maximum absolute atomic E-state index is 4.99. The summed E-state index contributed by atoms with van der Waals surface area (Å²) in [7, 11) is 0. The van der Waals surface area contributed by atoms with E-state index in [0.717, 1.165) is 4.90 Å². The monoisotopic (exact) mass is 137 g/mol. The van der Waals surface area contributed by atoms with E-state index in [0.29, 0.717) is 0 Å². The zero-order chi connectivity index (χ0) is 6.85. The molecule has 0 N–H and O–H groups in total. The van der Waals surface area contributed by atoms with Crippen LogP contribution in [0.3, 0.4) is 0 Å². The molecule has 0 nitrogen and oxygen atoms in total. The maximum Gasteiger partial charge on any atom is 0.0382 e. The molecule has 0 aliphatic rings. The minimum absolute atomic E-state index is 0.938. The maximum atomic E-state index is 4.99. The van der Waals surface area contributed by atoms with Gasteiger partial charge in [-0.2, -0.15) is 0 Å². The summed E-state index contributed by atoms with van der Waals surface area (Å²) in [6.07, 6.45) is 0. The Bertz CT molecular complexity index is 165. The average Bonchev–Trinajstić information content (AvgIpc) is 1.59. The summed E-state index contributed by atoms with van der Waals surface area (Å²) in [4.78, 5) is 0.938. The van der Waals surface area contributed by atoms with E-state index in [1.165, 1.54) is 11.1 Å². The summed E-state index contributed by atoms with van der Waals surface area (Å²) in [5.74, 6) is 0. The molecule has 0 atom stereocenters. The van der Waals surface area contributed by atoms with Gasteiger partial charge in [-0.05, 0) is 37.1 Å². The van der Waals surface area contributed by atoms with Gasteiger partial charge in [-0.3, -0.25) is 0 Å². The van der Waals surface area contributed by atoms with E-state index in [2.05, 4.69) is 19.9 Å². The Labute approximate surface area is 61.3 Å². The van der Waals surface area contributed by atoms with E-state index < -0.39 is 0 Å². The number of hydrogen-bond donors (Lipinski definition) is 0. The van der Waals surface area contributed by atoms with Gasteiger partial charge in [0.1, 0.15) is 0 Å². The van der Waals surface area contributed by atoms with Crippen molar-refractivity contribution in [3.63, 3.8) is 0 Å². The molecule has 1 heteroatoms. The first-order valence-electron chi connectivity index (χ1n) is 2.94. The minimum Gasteiger partial charge on any atom is -0.0801 e. The van der Waals surface area contributed by atoms with Gasteiger partial charge in [0, 0.05) is 4.90 Å². The van der Waals surface area contributed by atoms with E-state index in [1.54, 1.807) is 0 Å². The van der Waals surface area contributed by atoms with Crippen LogP contribution in [0.5, 0.6) is 0 Å². The molecular weight excluding hydrogens is 128 g/mol. The molecule has 0 bridgehead atoms. The first-order chi connectivity index (χ1) is 4.18. The van der Waals surface area contributed by atoms with Crippen molar-refractivity contribution < 1.29 is 0 Å². The van der Waals surface area contributed by atoms with Crippen LogP contribution in [-0.2, 0) is 0 Å². The predicted octanol–water partition coefficient (Wildman–Crippen LogP) is 2.86. The van der Waals surface area contributed by atoms with Gasteiger partial charge in [-0.1, -0.05) is 18.7 Å². The lowest BCUT2D eigenvalue weighted by atomic mass is 10.2. The highest BCUT2D eigenvalue weighted by Gasteiger charge is 1.89. The summed E-state index contributed by atoms with van der Waals surface area (Å²) in [6, 6.07) is 6.13. The van der Waals surface area contributed by atoms with Crippen LogP contribution in [0.25, 0.3) is 0 Å². The summed E-state index contributed by atoms with van der Waals surface area (Å²) in [6.45, 7) is 4.12. The van der Waals surface area contributed by atoms with Crippen molar-refractivity contribution in [3.05, 3.63) is 29.3 Å². The molecule has 1 rings (SSSR count). The van der Waals surface area contributed by atoms with Gasteiger partial charge in [0.25, 0.3) is 0 Å². The molecule has 0 amide bonds. The van der Waals surface area contributed by atoms with Gasteiger partial charge in [0.15, 0.2) is 0 Å². The molecule has 0 fully saturated rings. The highest BCUT2D eigenvalue weighted by molar-refractivity contribution is 7.80. The van der Waals surface area contributed by atoms with Crippen molar-refractivity contribution in [2.45, 2.75) is 18.7 Å². The molecule has 0 unspecified atom stereocenters. The fraction of sp³-hybridized carbons (Fsp3) is 0.250. The molecule has 0 saturated carbocycles. The molecule has 0 aliphatic carbocycles. The zero-order valence-electron chi connectivity index (χ0n) is 5.64. The molecule has 0 heterocycles. The van der Waals surface area contributed by atoms with Crippen LogP contribution in [0.1, 0.15) is 11.1 Å². The molecule has 1 aromatic rings. The third-order valence-corrected chi connectivity index (χ3v) is 1.43. The first kappa shape index (κ1) is 6.56. The fourth-order valence-electron chi connectivity index (χ4n) is 0.933. The summed E-state index contributed by atoms with van der Waals surface area (Å²) < 4.78 is 0. The lowest BCUT2D eigenvalue weighted by molar-refractivity contribution is 1.30. The Morgan fingerprint density at radius 2 is 1.44 bits per heavy atom. The second kappa shape index (κ2) is 2.36. The van der Waals surface area contributed by atoms with E-state index in [-0.39, 0.29) is 0 Å². The summed E-state index contributed by atoms with van der Waals surface area (Å²) >= 11 is 4.99. The molecule has 47 valence electrons. The van der Waals surface area contributed by atoms with Crippen LogP contribution in [0.15, 0.2) is 23.1 Å². The Hall–Kier alpha value is -0.560. The molecule has 1 aromatic carbocycles. The molecule has 1 radical (unpaired) electrons. The molecule has 0 saturated heterocycles. The third kappa shape index (κ3) is 1.68. The van der Waals surface area contributed by atoms with Gasteiger partial charge in [0.2, 0.25) is 0 Å². The average molecular weight is 137 g/mol. The second-order valence-corrected chi connectivity index (χ2v) is 2.79. The fourth-order valence-corrected chi connectivity index (χ4v) is 1.30. The number of hydrogen-bond acceptors (Lipinski definition) is 0. The number of aryl methyl sites for hydroxylation is 2. The molecule has 0 spiro atoms. The SMILES string of the molecule is Cc1cc(C)cc([S])c1. The zero-order valence-corrected chi connectivity index (χ0v) is 6.46. The quantitative estimate of drug-likeness (QED) is 0.516. The Morgan fingerprint density at radius 3 is 1.78 bits per heavy atom. The first-order valence-corrected chi connectivity index (χ1v) is 3.34. The van der Waals surface area contributed by atoms with Crippen molar-refractivity contribution in [3.8, 4) is 0 Å². The lowest BCUT2D eigenvalue weighted by Gasteiger charge is -1.95. The van der Waals surface area contributed by atoms with Gasteiger partial charge >= 0.3 is 0 Å². The van der Waals surface area contributed by atoms with Crippen LogP contribution < -0.4 is 0 Å².